The van der Waals surface area contributed by atoms with Crippen LogP contribution in [0.5, 0.6) is 0 Å². The van der Waals surface area contributed by atoms with Crippen molar-refractivity contribution in [2.75, 3.05) is 13.6 Å². The summed E-state index contributed by atoms with van der Waals surface area (Å²) in [6, 6.07) is 0.00116. The Morgan fingerprint density at radius 1 is 1.64 bits per heavy atom. The van der Waals surface area contributed by atoms with E-state index in [4.69, 9.17) is 0 Å². The van der Waals surface area contributed by atoms with Gasteiger partial charge in [0.2, 0.25) is 0 Å². The minimum Gasteiger partial charge on any atom is -0.295 e. The standard InChI is InChI=1S/C8H14N2O/c1-9-8(11)7-5-3-4-6-10(7)2/h7H,1,3-6H2,2H3. The second-order valence-electron chi connectivity index (χ2n) is 2.99. The van der Waals surface area contributed by atoms with Crippen LogP contribution in [0.2, 0.25) is 0 Å². The zero-order valence-corrected chi connectivity index (χ0v) is 6.92. The first-order chi connectivity index (χ1) is 5.25. The Morgan fingerprint density at radius 2 is 2.36 bits per heavy atom. The minimum atomic E-state index is -0.0767. The molecule has 1 atom stereocenters. The number of aliphatic imine (C=N–C) groups is 1. The SMILES string of the molecule is C=NC(=O)C1CCCCN1C. The Labute approximate surface area is 67.1 Å². The maximum atomic E-state index is 11.1. The lowest BCUT2D eigenvalue weighted by Gasteiger charge is -2.29. The number of amides is 1. The molecule has 0 aromatic carbocycles. The highest BCUT2D eigenvalue weighted by Gasteiger charge is 2.24. The second-order valence-corrected chi connectivity index (χ2v) is 2.99. The Hall–Kier alpha value is -0.700. The van der Waals surface area contributed by atoms with Gasteiger partial charge < -0.3 is 0 Å². The van der Waals surface area contributed by atoms with Crippen molar-refractivity contribution < 1.29 is 4.79 Å². The van der Waals surface area contributed by atoms with E-state index in [0.717, 1.165) is 19.4 Å². The number of piperidine rings is 1. The van der Waals surface area contributed by atoms with Crippen molar-refractivity contribution in [3.63, 3.8) is 0 Å². The van der Waals surface area contributed by atoms with Crippen LogP contribution >= 0.6 is 0 Å². The van der Waals surface area contributed by atoms with Crippen molar-refractivity contribution in [3.05, 3.63) is 0 Å². The molecule has 0 radical (unpaired) electrons. The molecule has 3 heteroatoms. The average Bonchev–Trinajstić information content (AvgIpc) is 2.04. The Balaban J connectivity index is 2.53. The summed E-state index contributed by atoms with van der Waals surface area (Å²) in [6.45, 7) is 4.25. The van der Waals surface area contributed by atoms with Crippen LogP contribution in [0.15, 0.2) is 4.99 Å². The van der Waals surface area contributed by atoms with E-state index in [1.807, 2.05) is 7.05 Å². The van der Waals surface area contributed by atoms with Crippen molar-refractivity contribution in [3.8, 4) is 0 Å². The van der Waals surface area contributed by atoms with Gasteiger partial charge in [0.15, 0.2) is 0 Å². The molecule has 1 aliphatic rings. The Bertz CT molecular complexity index is 167. The normalized spacial score (nSPS) is 26.5. The van der Waals surface area contributed by atoms with E-state index in [9.17, 15) is 4.79 Å². The highest BCUT2D eigenvalue weighted by molar-refractivity contribution is 5.85. The zero-order chi connectivity index (χ0) is 8.27. The number of hydrogen-bond donors (Lipinski definition) is 0. The fraction of sp³-hybridized carbons (Fsp3) is 0.750. The van der Waals surface area contributed by atoms with Gasteiger partial charge in [-0.15, -0.1) is 0 Å². The van der Waals surface area contributed by atoms with Crippen molar-refractivity contribution in [2.24, 2.45) is 4.99 Å². The highest BCUT2D eigenvalue weighted by atomic mass is 16.1. The first kappa shape index (κ1) is 8.40. The van der Waals surface area contributed by atoms with Crippen LogP contribution in [0.3, 0.4) is 0 Å². The summed E-state index contributed by atoms with van der Waals surface area (Å²) in [5.74, 6) is -0.0767. The van der Waals surface area contributed by atoms with Gasteiger partial charge in [0.05, 0.1) is 6.04 Å². The molecule has 1 aliphatic heterocycles. The highest BCUT2D eigenvalue weighted by Crippen LogP contribution is 2.15. The number of carbonyl (C=O) groups excluding carboxylic acids is 1. The number of rotatable bonds is 1. The monoisotopic (exact) mass is 154 g/mol. The van der Waals surface area contributed by atoms with Crippen LogP contribution in [0.25, 0.3) is 0 Å². The van der Waals surface area contributed by atoms with Crippen LogP contribution in [0.1, 0.15) is 19.3 Å². The van der Waals surface area contributed by atoms with Gasteiger partial charge in [0.1, 0.15) is 0 Å². The molecule has 0 spiro atoms. The van der Waals surface area contributed by atoms with Crippen molar-refractivity contribution >= 4 is 12.6 Å². The molecule has 0 aromatic heterocycles. The molecule has 11 heavy (non-hydrogen) atoms. The lowest BCUT2D eigenvalue weighted by molar-refractivity contribution is -0.123. The van der Waals surface area contributed by atoms with E-state index in [1.54, 1.807) is 0 Å². The van der Waals surface area contributed by atoms with E-state index in [0.29, 0.717) is 0 Å². The first-order valence-corrected chi connectivity index (χ1v) is 3.96. The summed E-state index contributed by atoms with van der Waals surface area (Å²) < 4.78 is 0. The molecule has 0 N–H and O–H groups in total. The van der Waals surface area contributed by atoms with Crippen LogP contribution in [0, 0.1) is 0 Å². The summed E-state index contributed by atoms with van der Waals surface area (Å²) >= 11 is 0. The van der Waals surface area contributed by atoms with E-state index in [1.165, 1.54) is 6.42 Å². The number of carbonyl (C=O) groups is 1. The van der Waals surface area contributed by atoms with E-state index in [2.05, 4.69) is 16.6 Å². The quantitative estimate of drug-likeness (QED) is 0.521. The Kier molecular flexibility index (Phi) is 2.76. The number of nitrogens with zero attached hydrogens (tertiary/aromatic N) is 2. The molecule has 0 aromatic rings. The predicted molar refractivity (Wildman–Crippen MR) is 44.8 cm³/mol. The first-order valence-electron chi connectivity index (χ1n) is 3.96. The maximum absolute atomic E-state index is 11.1. The zero-order valence-electron chi connectivity index (χ0n) is 6.92. The van der Waals surface area contributed by atoms with E-state index >= 15 is 0 Å². The van der Waals surface area contributed by atoms with Crippen molar-refractivity contribution in [1.82, 2.24) is 4.90 Å². The summed E-state index contributed by atoms with van der Waals surface area (Å²) in [4.78, 5) is 16.6. The minimum absolute atomic E-state index is 0.00116. The molecule has 1 amide bonds. The van der Waals surface area contributed by atoms with Gasteiger partial charge in [0, 0.05) is 0 Å². The van der Waals surface area contributed by atoms with Crippen molar-refractivity contribution in [2.45, 2.75) is 25.3 Å². The van der Waals surface area contributed by atoms with Crippen LogP contribution in [-0.2, 0) is 4.79 Å². The van der Waals surface area contributed by atoms with Gasteiger partial charge in [-0.05, 0) is 33.2 Å². The number of likely N-dealkylation sites (N-methyl/N-ethyl adjacent to an activating group) is 1. The topological polar surface area (TPSA) is 32.7 Å². The molecule has 3 nitrogen and oxygen atoms in total. The summed E-state index contributed by atoms with van der Waals surface area (Å²) in [5.41, 5.74) is 0. The molecule has 1 saturated heterocycles. The fourth-order valence-electron chi connectivity index (χ4n) is 1.49. The van der Waals surface area contributed by atoms with Crippen LogP contribution in [0.4, 0.5) is 0 Å². The van der Waals surface area contributed by atoms with Gasteiger partial charge in [-0.1, -0.05) is 6.42 Å². The smallest absolute Gasteiger partial charge is 0.262 e. The molecule has 0 bridgehead atoms. The molecule has 1 unspecified atom stereocenters. The third-order valence-corrected chi connectivity index (χ3v) is 2.21. The molecular formula is C8H14N2O. The van der Waals surface area contributed by atoms with Gasteiger partial charge >= 0.3 is 0 Å². The molecule has 1 rings (SSSR count). The van der Waals surface area contributed by atoms with Gasteiger partial charge in [-0.3, -0.25) is 9.69 Å². The Morgan fingerprint density at radius 3 is 2.91 bits per heavy atom. The third kappa shape index (κ3) is 1.87. The van der Waals surface area contributed by atoms with Gasteiger partial charge in [-0.25, -0.2) is 4.99 Å². The fourth-order valence-corrected chi connectivity index (χ4v) is 1.49. The molecule has 1 heterocycles. The molecular weight excluding hydrogens is 140 g/mol. The average molecular weight is 154 g/mol. The largest absolute Gasteiger partial charge is 0.295 e. The van der Waals surface area contributed by atoms with Crippen molar-refractivity contribution in [1.29, 1.82) is 0 Å². The summed E-state index contributed by atoms with van der Waals surface area (Å²) in [7, 11) is 1.97. The van der Waals surface area contributed by atoms with Crippen LogP contribution in [-0.4, -0.2) is 37.2 Å². The lowest BCUT2D eigenvalue weighted by atomic mass is 10.0. The molecule has 0 saturated carbocycles. The molecule has 62 valence electrons. The van der Waals surface area contributed by atoms with E-state index < -0.39 is 0 Å². The van der Waals surface area contributed by atoms with Gasteiger partial charge in [0.25, 0.3) is 5.91 Å². The maximum Gasteiger partial charge on any atom is 0.262 e. The van der Waals surface area contributed by atoms with E-state index in [-0.39, 0.29) is 11.9 Å². The van der Waals surface area contributed by atoms with Crippen LogP contribution < -0.4 is 0 Å². The number of hydrogen-bond acceptors (Lipinski definition) is 2. The van der Waals surface area contributed by atoms with Gasteiger partial charge in [-0.2, -0.15) is 0 Å². The lowest BCUT2D eigenvalue weighted by Crippen LogP contribution is -2.41. The molecule has 1 fully saturated rings. The summed E-state index contributed by atoms with van der Waals surface area (Å²) in [5, 5.41) is 0. The second kappa shape index (κ2) is 3.62. The third-order valence-electron chi connectivity index (χ3n) is 2.21. The molecule has 0 aliphatic carbocycles. The number of likely N-dealkylation sites (tertiary alicyclic amines) is 1. The predicted octanol–water partition coefficient (Wildman–Crippen LogP) is 0.698. The summed E-state index contributed by atoms with van der Waals surface area (Å²) in [6.07, 6.45) is 3.27.